The van der Waals surface area contributed by atoms with E-state index in [1.807, 2.05) is 43.4 Å². The van der Waals surface area contributed by atoms with Gasteiger partial charge in [-0.2, -0.15) is 0 Å². The molecule has 0 saturated heterocycles. The normalized spacial score (nSPS) is 10.7. The number of hydrogen-bond acceptors (Lipinski definition) is 4. The predicted octanol–water partition coefficient (Wildman–Crippen LogP) is 4.97. The second kappa shape index (κ2) is 8.01. The standard InChI is InChI=1S/C27H19N3O2/c1-30-17-21(20-7-3-6-10-25(20)30)26-24(28-22-8-4-5-9-23(22)29-26)16-13-18-11-14-19(15-12-18)27(31)32-2/h3-12,14-15,17H,1-2H3. The maximum absolute atomic E-state index is 11.7. The summed E-state index contributed by atoms with van der Waals surface area (Å²) in [5.41, 5.74) is 6.35. The smallest absolute Gasteiger partial charge is 0.337 e. The molecule has 0 N–H and O–H groups in total. The van der Waals surface area contributed by atoms with E-state index in [9.17, 15) is 4.79 Å². The van der Waals surface area contributed by atoms with E-state index in [2.05, 4.69) is 34.7 Å². The zero-order valence-corrected chi connectivity index (χ0v) is 17.7. The van der Waals surface area contributed by atoms with Crippen LogP contribution in [0.5, 0.6) is 0 Å². The Hall–Kier alpha value is -4.43. The lowest BCUT2D eigenvalue weighted by molar-refractivity contribution is 0.0600. The SMILES string of the molecule is COC(=O)c1ccc(C#Cc2nc3ccccc3nc2-c2cn(C)c3ccccc23)cc1. The highest BCUT2D eigenvalue weighted by Crippen LogP contribution is 2.31. The van der Waals surface area contributed by atoms with E-state index in [1.165, 1.54) is 7.11 Å². The minimum absolute atomic E-state index is 0.372. The van der Waals surface area contributed by atoms with E-state index in [0.29, 0.717) is 11.3 Å². The third-order valence-corrected chi connectivity index (χ3v) is 5.35. The predicted molar refractivity (Wildman–Crippen MR) is 125 cm³/mol. The Morgan fingerprint density at radius 3 is 2.31 bits per heavy atom. The van der Waals surface area contributed by atoms with E-state index < -0.39 is 0 Å². The number of aromatic nitrogens is 3. The lowest BCUT2D eigenvalue weighted by atomic mass is 10.1. The molecule has 5 aromatic rings. The van der Waals surface area contributed by atoms with Crippen LogP contribution in [-0.4, -0.2) is 27.6 Å². The number of aryl methyl sites for hydroxylation is 1. The van der Waals surface area contributed by atoms with Gasteiger partial charge in [0.05, 0.1) is 23.7 Å². The van der Waals surface area contributed by atoms with E-state index in [0.717, 1.165) is 38.8 Å². The van der Waals surface area contributed by atoms with Crippen molar-refractivity contribution in [1.29, 1.82) is 0 Å². The number of carbonyl (C=O) groups is 1. The first-order chi connectivity index (χ1) is 15.6. The summed E-state index contributed by atoms with van der Waals surface area (Å²) in [5, 5.41) is 1.10. The van der Waals surface area contributed by atoms with Crippen LogP contribution < -0.4 is 0 Å². The number of fused-ring (bicyclic) bond motifs is 2. The van der Waals surface area contributed by atoms with Crippen molar-refractivity contribution in [3.05, 3.63) is 95.8 Å². The molecule has 154 valence electrons. The van der Waals surface area contributed by atoms with Gasteiger partial charge in [0.2, 0.25) is 0 Å². The lowest BCUT2D eigenvalue weighted by Crippen LogP contribution is -2.00. The molecule has 2 heterocycles. The number of benzene rings is 3. The van der Waals surface area contributed by atoms with Crippen molar-refractivity contribution in [3.63, 3.8) is 0 Å². The fraction of sp³-hybridized carbons (Fsp3) is 0.0741. The van der Waals surface area contributed by atoms with Crippen LogP contribution in [0.25, 0.3) is 33.2 Å². The maximum atomic E-state index is 11.7. The zero-order valence-electron chi connectivity index (χ0n) is 17.7. The van der Waals surface area contributed by atoms with Gasteiger partial charge in [-0.3, -0.25) is 0 Å². The average molecular weight is 417 g/mol. The summed E-state index contributed by atoms with van der Waals surface area (Å²) < 4.78 is 6.84. The topological polar surface area (TPSA) is 57.0 Å². The molecule has 0 aliphatic rings. The van der Waals surface area contributed by atoms with Gasteiger partial charge in [-0.05, 0) is 48.4 Å². The molecule has 0 saturated carbocycles. The number of para-hydroxylation sites is 3. The summed E-state index contributed by atoms with van der Waals surface area (Å²) in [6.07, 6.45) is 2.07. The molecule has 0 spiro atoms. The fourth-order valence-electron chi connectivity index (χ4n) is 3.74. The van der Waals surface area contributed by atoms with Crippen LogP contribution in [0, 0.1) is 11.8 Å². The Labute approximate surface area is 185 Å². The number of rotatable bonds is 2. The summed E-state index contributed by atoms with van der Waals surface area (Å²) >= 11 is 0. The molecule has 2 aromatic heterocycles. The van der Waals surface area contributed by atoms with Crippen LogP contribution in [0.4, 0.5) is 0 Å². The second-order valence-electron chi connectivity index (χ2n) is 7.40. The number of hydrogen-bond donors (Lipinski definition) is 0. The Morgan fingerprint density at radius 1 is 0.875 bits per heavy atom. The van der Waals surface area contributed by atoms with Crippen LogP contribution in [0.1, 0.15) is 21.6 Å². The van der Waals surface area contributed by atoms with Crippen molar-refractivity contribution in [2.75, 3.05) is 7.11 Å². The van der Waals surface area contributed by atoms with Gasteiger partial charge in [0.1, 0.15) is 11.4 Å². The van der Waals surface area contributed by atoms with Crippen LogP contribution in [0.3, 0.4) is 0 Å². The highest BCUT2D eigenvalue weighted by Gasteiger charge is 2.15. The zero-order chi connectivity index (χ0) is 22.1. The van der Waals surface area contributed by atoms with Crippen LogP contribution in [0.15, 0.2) is 79.0 Å². The van der Waals surface area contributed by atoms with Gasteiger partial charge >= 0.3 is 5.97 Å². The second-order valence-corrected chi connectivity index (χ2v) is 7.40. The first-order valence-electron chi connectivity index (χ1n) is 10.2. The molecule has 5 nitrogen and oxygen atoms in total. The Kier molecular flexibility index (Phi) is 4.89. The molecule has 32 heavy (non-hydrogen) atoms. The molecule has 0 radical (unpaired) electrons. The highest BCUT2D eigenvalue weighted by atomic mass is 16.5. The lowest BCUT2D eigenvalue weighted by Gasteiger charge is -2.05. The fourth-order valence-corrected chi connectivity index (χ4v) is 3.74. The van der Waals surface area contributed by atoms with Gasteiger partial charge in [-0.25, -0.2) is 14.8 Å². The van der Waals surface area contributed by atoms with Gasteiger partial charge in [0.15, 0.2) is 0 Å². The van der Waals surface area contributed by atoms with Crippen LogP contribution in [0.2, 0.25) is 0 Å². The monoisotopic (exact) mass is 417 g/mol. The Balaban J connectivity index is 1.66. The van der Waals surface area contributed by atoms with Gasteiger partial charge in [0, 0.05) is 35.3 Å². The third kappa shape index (κ3) is 3.48. The molecule has 5 heteroatoms. The minimum atomic E-state index is -0.372. The number of ether oxygens (including phenoxy) is 1. The van der Waals surface area contributed by atoms with Gasteiger partial charge < -0.3 is 9.30 Å². The molecule has 0 unspecified atom stereocenters. The Bertz CT molecular complexity index is 1540. The first kappa shape index (κ1) is 19.5. The number of carbonyl (C=O) groups excluding carboxylic acids is 1. The molecule has 0 bridgehead atoms. The summed E-state index contributed by atoms with van der Waals surface area (Å²) in [4.78, 5) is 21.4. The summed E-state index contributed by atoms with van der Waals surface area (Å²) in [6, 6.07) is 23.0. The van der Waals surface area contributed by atoms with E-state index in [1.54, 1.807) is 24.3 Å². The summed E-state index contributed by atoms with van der Waals surface area (Å²) in [7, 11) is 3.39. The molecule has 0 amide bonds. The van der Waals surface area contributed by atoms with Crippen molar-refractivity contribution in [2.45, 2.75) is 0 Å². The molecule has 0 aliphatic heterocycles. The van der Waals surface area contributed by atoms with Gasteiger partial charge in [-0.15, -0.1) is 0 Å². The van der Waals surface area contributed by atoms with Crippen molar-refractivity contribution < 1.29 is 9.53 Å². The van der Waals surface area contributed by atoms with Gasteiger partial charge in [-0.1, -0.05) is 36.3 Å². The average Bonchev–Trinajstić information content (AvgIpc) is 3.18. The number of methoxy groups -OCH3 is 1. The maximum Gasteiger partial charge on any atom is 0.337 e. The summed E-state index contributed by atoms with van der Waals surface area (Å²) in [6.45, 7) is 0. The van der Waals surface area contributed by atoms with Crippen molar-refractivity contribution in [1.82, 2.24) is 14.5 Å². The molecule has 0 atom stereocenters. The first-order valence-corrected chi connectivity index (χ1v) is 10.2. The number of nitrogens with zero attached hydrogens (tertiary/aromatic N) is 3. The van der Waals surface area contributed by atoms with Crippen molar-refractivity contribution in [3.8, 4) is 23.1 Å². The molecule has 3 aromatic carbocycles. The van der Waals surface area contributed by atoms with Crippen molar-refractivity contribution >= 4 is 27.9 Å². The highest BCUT2D eigenvalue weighted by molar-refractivity contribution is 5.97. The quantitative estimate of drug-likeness (QED) is 0.300. The van der Waals surface area contributed by atoms with E-state index >= 15 is 0 Å². The Morgan fingerprint density at radius 2 is 1.56 bits per heavy atom. The van der Waals surface area contributed by atoms with Gasteiger partial charge in [0.25, 0.3) is 0 Å². The number of esters is 1. The third-order valence-electron chi connectivity index (χ3n) is 5.35. The molecule has 0 fully saturated rings. The van der Waals surface area contributed by atoms with Crippen LogP contribution >= 0.6 is 0 Å². The largest absolute Gasteiger partial charge is 0.465 e. The molecular formula is C27H19N3O2. The van der Waals surface area contributed by atoms with E-state index in [-0.39, 0.29) is 5.97 Å². The molecular weight excluding hydrogens is 398 g/mol. The summed E-state index contributed by atoms with van der Waals surface area (Å²) in [5.74, 6) is 6.00. The molecule has 5 rings (SSSR count). The van der Waals surface area contributed by atoms with Crippen LogP contribution in [-0.2, 0) is 11.8 Å². The van der Waals surface area contributed by atoms with Crippen molar-refractivity contribution in [2.24, 2.45) is 7.05 Å². The van der Waals surface area contributed by atoms with E-state index in [4.69, 9.17) is 14.7 Å². The molecule has 0 aliphatic carbocycles. The minimum Gasteiger partial charge on any atom is -0.465 e.